The Hall–Kier alpha value is -1.81. The van der Waals surface area contributed by atoms with E-state index >= 15 is 0 Å². The van der Waals surface area contributed by atoms with E-state index in [1.165, 1.54) is 0 Å². The number of ketones is 1. The fourth-order valence-electron chi connectivity index (χ4n) is 5.83. The number of aryl methyl sites for hydroxylation is 1. The van der Waals surface area contributed by atoms with Crippen LogP contribution in [-0.2, 0) is 16.0 Å². The highest BCUT2D eigenvalue weighted by atomic mass is 35.5. The van der Waals surface area contributed by atoms with Crippen LogP contribution < -0.4 is 0 Å². The molecule has 3 aliphatic rings. The van der Waals surface area contributed by atoms with E-state index in [0.29, 0.717) is 15.6 Å². The number of halogens is 2. The van der Waals surface area contributed by atoms with E-state index in [1.54, 1.807) is 6.07 Å². The Labute approximate surface area is 186 Å². The van der Waals surface area contributed by atoms with E-state index in [9.17, 15) is 9.90 Å². The van der Waals surface area contributed by atoms with Gasteiger partial charge in [-0.25, -0.2) is 0 Å². The molecule has 5 heteroatoms. The minimum Gasteiger partial charge on any atom is -0.511 e. The van der Waals surface area contributed by atoms with Crippen molar-refractivity contribution >= 4 is 34.6 Å². The monoisotopic (exact) mass is 442 g/mol. The Morgan fingerprint density at radius 1 is 1.00 bits per heavy atom. The van der Waals surface area contributed by atoms with E-state index in [-0.39, 0.29) is 23.4 Å². The summed E-state index contributed by atoms with van der Waals surface area (Å²) >= 11 is 12.3. The molecule has 2 bridgehead atoms. The van der Waals surface area contributed by atoms with Crippen molar-refractivity contribution in [3.05, 3.63) is 63.3 Å². The fourth-order valence-corrected chi connectivity index (χ4v) is 6.13. The first kappa shape index (κ1) is 20.1. The van der Waals surface area contributed by atoms with E-state index in [1.807, 2.05) is 44.2 Å². The van der Waals surface area contributed by atoms with Crippen LogP contribution in [0.1, 0.15) is 44.7 Å². The average molecular weight is 443 g/mol. The molecule has 2 fully saturated rings. The second-order valence-corrected chi connectivity index (χ2v) is 9.98. The van der Waals surface area contributed by atoms with Gasteiger partial charge in [0, 0.05) is 0 Å². The summed E-state index contributed by atoms with van der Waals surface area (Å²) in [4.78, 5) is 13.6. The summed E-state index contributed by atoms with van der Waals surface area (Å²) in [6.45, 7) is 6.11. The maximum absolute atomic E-state index is 13.6. The molecule has 0 amide bonds. The van der Waals surface area contributed by atoms with Crippen LogP contribution >= 0.6 is 23.2 Å². The van der Waals surface area contributed by atoms with E-state index in [0.717, 1.165) is 41.5 Å². The summed E-state index contributed by atoms with van der Waals surface area (Å²) in [5.74, 6) is -0.386. The minimum atomic E-state index is -0.500. The molecule has 0 saturated carbocycles. The Morgan fingerprint density at radius 2 is 1.63 bits per heavy atom. The Morgan fingerprint density at radius 3 is 2.27 bits per heavy atom. The lowest BCUT2D eigenvalue weighted by Crippen LogP contribution is -2.39. The first-order valence-electron chi connectivity index (χ1n) is 10.4. The molecule has 156 valence electrons. The number of hydrogen-bond donors (Lipinski definition) is 1. The molecular weight excluding hydrogens is 419 g/mol. The van der Waals surface area contributed by atoms with Crippen molar-refractivity contribution in [1.82, 2.24) is 0 Å². The molecule has 2 saturated heterocycles. The third-order valence-corrected chi connectivity index (χ3v) is 8.06. The van der Waals surface area contributed by atoms with Crippen LogP contribution in [0.15, 0.2) is 42.2 Å². The quantitative estimate of drug-likeness (QED) is 0.578. The number of aliphatic hydroxyl groups is 1. The predicted octanol–water partition coefficient (Wildman–Crippen LogP) is 6.65. The van der Waals surface area contributed by atoms with Crippen LogP contribution in [0.3, 0.4) is 0 Å². The van der Waals surface area contributed by atoms with Gasteiger partial charge < -0.3 is 9.84 Å². The van der Waals surface area contributed by atoms with Gasteiger partial charge in [0.25, 0.3) is 0 Å². The normalized spacial score (nSPS) is 32.2. The number of hydrogen-bond acceptors (Lipinski definition) is 3. The molecule has 2 aromatic carbocycles. The molecule has 0 radical (unpaired) electrons. The number of fused-ring (bicyclic) bond motifs is 5. The smallest absolute Gasteiger partial charge is 0.173 e. The number of benzene rings is 2. The second-order valence-electron chi connectivity index (χ2n) is 9.16. The third kappa shape index (κ3) is 2.65. The lowest BCUT2D eigenvalue weighted by atomic mass is 9.68. The summed E-state index contributed by atoms with van der Waals surface area (Å²) in [6, 6.07) is 11.6. The highest BCUT2D eigenvalue weighted by Gasteiger charge is 2.69. The summed E-state index contributed by atoms with van der Waals surface area (Å²) in [5.41, 5.74) is 3.19. The Kier molecular flexibility index (Phi) is 4.42. The zero-order valence-electron chi connectivity index (χ0n) is 17.3. The molecule has 0 spiro atoms. The number of ether oxygens (including phenoxy) is 1. The first-order valence-corrected chi connectivity index (χ1v) is 11.2. The minimum absolute atomic E-state index is 0.00409. The van der Waals surface area contributed by atoms with Gasteiger partial charge in [-0.2, -0.15) is 0 Å². The van der Waals surface area contributed by atoms with Crippen LogP contribution in [0.5, 0.6) is 0 Å². The number of allylic oxidation sites excluding steroid dienone is 1. The molecule has 3 nitrogen and oxygen atoms in total. The van der Waals surface area contributed by atoms with Gasteiger partial charge in [0.1, 0.15) is 5.76 Å². The van der Waals surface area contributed by atoms with Crippen molar-refractivity contribution in [2.45, 2.75) is 51.2 Å². The van der Waals surface area contributed by atoms with Crippen molar-refractivity contribution in [3.8, 4) is 11.1 Å². The molecule has 0 aromatic heterocycles. The standard InChI is InChI=1S/C25H24Cl2O3/c1-4-13-5-6-14(15-7-8-17(26)18(27)12-15)11-16(13)19-22(28)20-21(23(19)29)25(3)10-9-24(20,2)30-25/h5-8,11-12,20-21,28H,4,9-10H2,1-3H3/t20-,21+,24?,25+/m1/s1. The maximum Gasteiger partial charge on any atom is 0.173 e. The summed E-state index contributed by atoms with van der Waals surface area (Å²) in [5, 5.41) is 12.3. The van der Waals surface area contributed by atoms with Gasteiger partial charge in [0.2, 0.25) is 0 Å². The van der Waals surface area contributed by atoms with Gasteiger partial charge in [-0.15, -0.1) is 0 Å². The summed E-state index contributed by atoms with van der Waals surface area (Å²) in [7, 11) is 0. The third-order valence-electron chi connectivity index (χ3n) is 7.33. The van der Waals surface area contributed by atoms with Gasteiger partial charge in [-0.3, -0.25) is 4.79 Å². The molecule has 2 aromatic rings. The molecule has 4 atom stereocenters. The number of aliphatic hydroxyl groups excluding tert-OH is 1. The van der Waals surface area contributed by atoms with Crippen LogP contribution in [0.4, 0.5) is 0 Å². The second kappa shape index (κ2) is 6.59. The summed E-state index contributed by atoms with van der Waals surface area (Å²) in [6.07, 6.45) is 2.47. The van der Waals surface area contributed by atoms with Crippen molar-refractivity contribution in [1.29, 1.82) is 0 Å². The van der Waals surface area contributed by atoms with Crippen molar-refractivity contribution < 1.29 is 14.6 Å². The molecule has 2 heterocycles. The van der Waals surface area contributed by atoms with Crippen molar-refractivity contribution in [2.24, 2.45) is 11.8 Å². The topological polar surface area (TPSA) is 46.5 Å². The lowest BCUT2D eigenvalue weighted by molar-refractivity contribution is -0.121. The number of carbonyl (C=O) groups excluding carboxylic acids is 1. The largest absolute Gasteiger partial charge is 0.511 e. The van der Waals surface area contributed by atoms with Gasteiger partial charge in [-0.1, -0.05) is 48.3 Å². The number of Topliss-reactive ketones (excluding diaryl/α,β-unsaturated/α-hetero) is 1. The number of carbonyl (C=O) groups is 1. The van der Waals surface area contributed by atoms with Crippen LogP contribution in [0.25, 0.3) is 16.7 Å². The SMILES string of the molecule is CCc1ccc(-c2ccc(Cl)c(Cl)c2)cc1C1=C(O)[C@H]2[C@@H](C1=O)[C@]1(C)CCC2(C)O1. The van der Waals surface area contributed by atoms with Crippen molar-refractivity contribution in [2.75, 3.05) is 0 Å². The zero-order chi connectivity index (χ0) is 21.4. The summed E-state index contributed by atoms with van der Waals surface area (Å²) < 4.78 is 6.27. The van der Waals surface area contributed by atoms with E-state index in [2.05, 4.69) is 6.92 Å². The molecule has 2 aliphatic heterocycles. The fraction of sp³-hybridized carbons (Fsp3) is 0.400. The molecule has 5 rings (SSSR count). The van der Waals surface area contributed by atoms with Crippen LogP contribution in [-0.4, -0.2) is 22.1 Å². The van der Waals surface area contributed by atoms with Gasteiger partial charge in [-0.05, 0) is 73.6 Å². The molecule has 1 N–H and O–H groups in total. The Balaban J connectivity index is 1.66. The zero-order valence-corrected chi connectivity index (χ0v) is 18.8. The predicted molar refractivity (Wildman–Crippen MR) is 120 cm³/mol. The maximum atomic E-state index is 13.6. The highest BCUT2D eigenvalue weighted by Crippen LogP contribution is 2.63. The molecule has 1 unspecified atom stereocenters. The van der Waals surface area contributed by atoms with Gasteiger partial charge in [0.15, 0.2) is 5.78 Å². The average Bonchev–Trinajstić information content (AvgIpc) is 3.27. The first-order chi connectivity index (χ1) is 14.2. The molecule has 30 heavy (non-hydrogen) atoms. The highest BCUT2D eigenvalue weighted by molar-refractivity contribution is 6.42. The lowest BCUT2D eigenvalue weighted by Gasteiger charge is -2.30. The van der Waals surface area contributed by atoms with E-state index in [4.69, 9.17) is 27.9 Å². The van der Waals surface area contributed by atoms with Crippen LogP contribution in [0, 0.1) is 11.8 Å². The molecular formula is C25H24Cl2O3. The van der Waals surface area contributed by atoms with Gasteiger partial charge in [0.05, 0.1) is 38.7 Å². The van der Waals surface area contributed by atoms with E-state index < -0.39 is 11.2 Å². The number of rotatable bonds is 3. The van der Waals surface area contributed by atoms with Crippen molar-refractivity contribution in [3.63, 3.8) is 0 Å². The van der Waals surface area contributed by atoms with Crippen LogP contribution in [0.2, 0.25) is 10.0 Å². The van der Waals surface area contributed by atoms with Gasteiger partial charge >= 0.3 is 0 Å². The molecule has 1 aliphatic carbocycles. The Bertz CT molecular complexity index is 1120.